The number of hydroxylamine groups is 1. The van der Waals surface area contributed by atoms with Crippen molar-refractivity contribution in [2.24, 2.45) is 5.92 Å². The second kappa shape index (κ2) is 13.1. The molecule has 0 aliphatic heterocycles. The van der Waals surface area contributed by atoms with Crippen LogP contribution < -0.4 is 15.5 Å². The molecule has 0 aromatic heterocycles. The van der Waals surface area contributed by atoms with Gasteiger partial charge in [0.1, 0.15) is 11.8 Å². The number of para-hydroxylation sites is 1. The molecule has 31 heavy (non-hydrogen) atoms. The second-order valence-electron chi connectivity index (χ2n) is 7.10. The van der Waals surface area contributed by atoms with Gasteiger partial charge in [0.05, 0.1) is 19.1 Å². The zero-order chi connectivity index (χ0) is 22.5. The number of amides is 1. The van der Waals surface area contributed by atoms with Crippen LogP contribution in [0, 0.1) is 5.92 Å². The highest BCUT2D eigenvalue weighted by molar-refractivity contribution is 6.03. The number of carboxylic acids is 1. The number of carbonyl (C=O) groups excluding carboxylic acids is 2. The van der Waals surface area contributed by atoms with Gasteiger partial charge in [-0.3, -0.25) is 9.59 Å². The lowest BCUT2D eigenvalue weighted by Gasteiger charge is -2.20. The molecular formula is C23H28N2O6. The molecule has 166 valence electrons. The molecule has 8 heteroatoms. The molecular weight excluding hydrogens is 400 g/mol. The zero-order valence-corrected chi connectivity index (χ0v) is 17.2. The Morgan fingerprint density at radius 2 is 1.58 bits per heavy atom. The number of nitrogens with one attached hydrogen (secondary N) is 2. The van der Waals surface area contributed by atoms with Crippen molar-refractivity contribution < 1.29 is 29.4 Å². The molecule has 0 fully saturated rings. The van der Waals surface area contributed by atoms with Crippen LogP contribution in [0.5, 0.6) is 5.75 Å². The van der Waals surface area contributed by atoms with E-state index in [9.17, 15) is 19.5 Å². The number of carbonyl (C=O) groups is 3. The highest BCUT2D eigenvalue weighted by Crippen LogP contribution is 2.14. The van der Waals surface area contributed by atoms with Crippen molar-refractivity contribution in [2.45, 2.75) is 31.7 Å². The van der Waals surface area contributed by atoms with Gasteiger partial charge in [-0.15, -0.1) is 0 Å². The summed E-state index contributed by atoms with van der Waals surface area (Å²) < 4.78 is 5.60. The molecule has 0 spiro atoms. The van der Waals surface area contributed by atoms with Gasteiger partial charge >= 0.3 is 5.97 Å². The molecule has 0 saturated heterocycles. The average Bonchev–Trinajstić information content (AvgIpc) is 2.77. The minimum atomic E-state index is -1.18. The molecule has 0 bridgehead atoms. The highest BCUT2D eigenvalue weighted by Gasteiger charge is 2.29. The number of unbranched alkanes of at least 4 members (excludes halogenated alkanes) is 1. The quantitative estimate of drug-likeness (QED) is 0.207. The summed E-state index contributed by atoms with van der Waals surface area (Å²) in [6.45, 7) is 0.0333. The molecule has 2 rings (SSSR count). The number of Topliss-reactive ketones (excluding diaryl/α,β-unsaturated/α-hetero) is 1. The monoisotopic (exact) mass is 428 g/mol. The fourth-order valence-corrected chi connectivity index (χ4v) is 3.12. The summed E-state index contributed by atoms with van der Waals surface area (Å²) >= 11 is 0. The topological polar surface area (TPSA) is 125 Å². The van der Waals surface area contributed by atoms with Gasteiger partial charge in [-0.25, -0.2) is 4.79 Å². The van der Waals surface area contributed by atoms with Crippen molar-refractivity contribution in [3.63, 3.8) is 0 Å². The third kappa shape index (κ3) is 8.57. The summed E-state index contributed by atoms with van der Waals surface area (Å²) in [7, 11) is 0. The summed E-state index contributed by atoms with van der Waals surface area (Å²) in [4.78, 5) is 36.7. The maximum atomic E-state index is 12.7. The summed E-state index contributed by atoms with van der Waals surface area (Å²) in [5.41, 5.74) is 2.53. The Labute approximate surface area is 181 Å². The summed E-state index contributed by atoms with van der Waals surface area (Å²) in [5, 5.41) is 20.8. The number of hydrogen-bond donors (Lipinski definition) is 4. The molecule has 1 unspecified atom stereocenters. The number of ether oxygens (including phenoxy) is 1. The largest absolute Gasteiger partial charge is 0.494 e. The van der Waals surface area contributed by atoms with Crippen molar-refractivity contribution in [1.29, 1.82) is 0 Å². The molecule has 2 atom stereocenters. The van der Waals surface area contributed by atoms with Crippen LogP contribution in [-0.4, -0.2) is 47.2 Å². The standard InChI is InChI=1S/C23H28N2O6/c26-21(16-24-30)19(13-7-8-14-31-18-11-5-2-6-12-18)22(27)25-20(23(28)29)15-17-9-3-1-4-10-17/h1-6,9-12,19-20,24,30H,7-8,13-16H2,(H,25,27)(H,28,29)/t19-,20?/m1/s1. The Morgan fingerprint density at radius 1 is 0.935 bits per heavy atom. The minimum Gasteiger partial charge on any atom is -0.494 e. The van der Waals surface area contributed by atoms with Crippen LogP contribution in [0.1, 0.15) is 24.8 Å². The van der Waals surface area contributed by atoms with Crippen LogP contribution in [0.15, 0.2) is 60.7 Å². The molecule has 0 saturated carbocycles. The second-order valence-corrected chi connectivity index (χ2v) is 7.10. The van der Waals surface area contributed by atoms with E-state index in [-0.39, 0.29) is 12.8 Å². The lowest BCUT2D eigenvalue weighted by atomic mass is 9.95. The molecule has 0 heterocycles. The summed E-state index contributed by atoms with van der Waals surface area (Å²) in [6.07, 6.45) is 1.47. The molecule has 4 N–H and O–H groups in total. The van der Waals surface area contributed by atoms with E-state index in [1.165, 1.54) is 0 Å². The zero-order valence-electron chi connectivity index (χ0n) is 17.2. The molecule has 0 aliphatic rings. The van der Waals surface area contributed by atoms with Crippen LogP contribution in [0.25, 0.3) is 0 Å². The maximum Gasteiger partial charge on any atom is 0.326 e. The van der Waals surface area contributed by atoms with Gasteiger partial charge in [-0.2, -0.15) is 5.48 Å². The molecule has 0 aliphatic carbocycles. The van der Waals surface area contributed by atoms with Crippen LogP contribution in [0.2, 0.25) is 0 Å². The van der Waals surface area contributed by atoms with Gasteiger partial charge in [0.15, 0.2) is 5.78 Å². The van der Waals surface area contributed by atoms with Crippen molar-refractivity contribution in [1.82, 2.24) is 10.8 Å². The Bertz CT molecular complexity index is 828. The van der Waals surface area contributed by atoms with E-state index in [2.05, 4.69) is 5.32 Å². The number of ketones is 1. The Hall–Kier alpha value is -3.23. The van der Waals surface area contributed by atoms with E-state index < -0.39 is 36.2 Å². The Balaban J connectivity index is 1.91. The number of hydrogen-bond acceptors (Lipinski definition) is 6. The molecule has 0 radical (unpaired) electrons. The maximum absolute atomic E-state index is 12.7. The van der Waals surface area contributed by atoms with E-state index >= 15 is 0 Å². The van der Waals surface area contributed by atoms with Gasteiger partial charge in [-0.05, 0) is 37.0 Å². The number of rotatable bonds is 14. The van der Waals surface area contributed by atoms with E-state index in [1.807, 2.05) is 36.4 Å². The first-order chi connectivity index (χ1) is 15.0. The molecule has 8 nitrogen and oxygen atoms in total. The molecule has 2 aromatic carbocycles. The lowest BCUT2D eigenvalue weighted by molar-refractivity contribution is -0.144. The van der Waals surface area contributed by atoms with Crippen molar-refractivity contribution in [3.05, 3.63) is 66.2 Å². The summed E-state index contributed by atoms with van der Waals surface area (Å²) in [6, 6.07) is 17.1. The Kier molecular flexibility index (Phi) is 10.2. The first-order valence-corrected chi connectivity index (χ1v) is 10.2. The fourth-order valence-electron chi connectivity index (χ4n) is 3.12. The van der Waals surface area contributed by atoms with Gasteiger partial charge in [0, 0.05) is 6.42 Å². The predicted octanol–water partition coefficient (Wildman–Crippen LogP) is 2.21. The molecule has 1 amide bonds. The van der Waals surface area contributed by atoms with E-state index in [1.54, 1.807) is 29.7 Å². The van der Waals surface area contributed by atoms with Crippen molar-refractivity contribution >= 4 is 17.7 Å². The molecule has 2 aromatic rings. The smallest absolute Gasteiger partial charge is 0.326 e. The summed E-state index contributed by atoms with van der Waals surface area (Å²) in [5.74, 6) is -2.67. The Morgan fingerprint density at radius 3 is 2.19 bits per heavy atom. The number of carboxylic acid groups (broad SMARTS) is 1. The van der Waals surface area contributed by atoms with E-state index in [0.29, 0.717) is 19.4 Å². The highest BCUT2D eigenvalue weighted by atomic mass is 16.5. The predicted molar refractivity (Wildman–Crippen MR) is 114 cm³/mol. The average molecular weight is 428 g/mol. The normalized spacial score (nSPS) is 12.5. The van der Waals surface area contributed by atoms with Crippen LogP contribution in [0.4, 0.5) is 0 Å². The van der Waals surface area contributed by atoms with Gasteiger partial charge in [0.2, 0.25) is 5.91 Å². The third-order valence-electron chi connectivity index (χ3n) is 4.75. The van der Waals surface area contributed by atoms with Crippen LogP contribution in [0.3, 0.4) is 0 Å². The first kappa shape index (κ1) is 24.0. The van der Waals surface area contributed by atoms with Gasteiger partial charge in [0.25, 0.3) is 0 Å². The van der Waals surface area contributed by atoms with E-state index in [0.717, 1.165) is 11.3 Å². The number of benzene rings is 2. The minimum absolute atomic E-state index is 0.103. The van der Waals surface area contributed by atoms with E-state index in [4.69, 9.17) is 9.94 Å². The van der Waals surface area contributed by atoms with Gasteiger partial charge in [-0.1, -0.05) is 48.5 Å². The van der Waals surface area contributed by atoms with Crippen LogP contribution >= 0.6 is 0 Å². The number of aliphatic carboxylic acids is 1. The first-order valence-electron chi connectivity index (χ1n) is 10.2. The third-order valence-corrected chi connectivity index (χ3v) is 4.75. The SMILES string of the molecule is O=C(O)C(Cc1ccccc1)NC(=O)[C@H](CCCCOc1ccccc1)C(=O)CNO. The fraction of sp³-hybridized carbons (Fsp3) is 0.348. The lowest BCUT2D eigenvalue weighted by Crippen LogP contribution is -2.47. The van der Waals surface area contributed by atoms with Gasteiger partial charge < -0.3 is 20.4 Å². The van der Waals surface area contributed by atoms with Crippen molar-refractivity contribution in [2.75, 3.05) is 13.2 Å². The van der Waals surface area contributed by atoms with Crippen LogP contribution in [-0.2, 0) is 20.8 Å². The van der Waals surface area contributed by atoms with Crippen molar-refractivity contribution in [3.8, 4) is 5.75 Å².